The summed E-state index contributed by atoms with van der Waals surface area (Å²) < 4.78 is 11.1. The largest absolute Gasteiger partial charge is 0.496 e. The lowest BCUT2D eigenvalue weighted by atomic mass is 9.86. The van der Waals surface area contributed by atoms with Gasteiger partial charge in [-0.15, -0.1) is 0 Å². The zero-order chi connectivity index (χ0) is 15.0. The predicted molar refractivity (Wildman–Crippen MR) is 84.1 cm³/mol. The fourth-order valence-corrected chi connectivity index (χ4v) is 3.09. The third-order valence-electron chi connectivity index (χ3n) is 4.31. The van der Waals surface area contributed by atoms with Crippen LogP contribution in [0.25, 0.3) is 0 Å². The van der Waals surface area contributed by atoms with E-state index < -0.39 is 0 Å². The fourth-order valence-electron chi connectivity index (χ4n) is 3.09. The Morgan fingerprint density at radius 2 is 1.95 bits per heavy atom. The number of hydrogen-bond donors (Lipinski definition) is 1. The van der Waals surface area contributed by atoms with Gasteiger partial charge in [0.15, 0.2) is 0 Å². The lowest BCUT2D eigenvalue weighted by Crippen LogP contribution is -2.22. The summed E-state index contributed by atoms with van der Waals surface area (Å²) >= 11 is 0. The molecule has 0 saturated carbocycles. The molecule has 2 N–H and O–H groups in total. The number of hydrogen-bond acceptors (Lipinski definition) is 3. The van der Waals surface area contributed by atoms with Gasteiger partial charge < -0.3 is 15.2 Å². The summed E-state index contributed by atoms with van der Waals surface area (Å²) in [6, 6.07) is 12.3. The average Bonchev–Trinajstić information content (AvgIpc) is 2.92. The molecular weight excluding hydrogens is 262 g/mol. The van der Waals surface area contributed by atoms with Crippen LogP contribution in [0.2, 0.25) is 0 Å². The van der Waals surface area contributed by atoms with Crippen molar-refractivity contribution in [2.75, 3.05) is 13.7 Å². The van der Waals surface area contributed by atoms with Crippen LogP contribution in [-0.4, -0.2) is 13.7 Å². The number of nitrogens with two attached hydrogens (primary N) is 1. The second-order valence-electron chi connectivity index (χ2n) is 5.66. The molecule has 110 valence electrons. The Hall–Kier alpha value is -2.00. The van der Waals surface area contributed by atoms with E-state index in [9.17, 15) is 0 Å². The number of benzene rings is 2. The fraction of sp³-hybridized carbons (Fsp3) is 0.333. The van der Waals surface area contributed by atoms with Crippen LogP contribution in [-0.2, 0) is 0 Å². The van der Waals surface area contributed by atoms with Crippen molar-refractivity contribution in [2.24, 2.45) is 5.73 Å². The maximum absolute atomic E-state index is 6.56. The van der Waals surface area contributed by atoms with Crippen molar-refractivity contribution in [3.8, 4) is 11.5 Å². The second kappa shape index (κ2) is 5.41. The molecular formula is C18H21NO2. The van der Waals surface area contributed by atoms with Gasteiger partial charge in [-0.3, -0.25) is 0 Å². The highest BCUT2D eigenvalue weighted by molar-refractivity contribution is 5.46. The monoisotopic (exact) mass is 283 g/mol. The quantitative estimate of drug-likeness (QED) is 0.937. The van der Waals surface area contributed by atoms with Gasteiger partial charge in [0.2, 0.25) is 0 Å². The van der Waals surface area contributed by atoms with Crippen molar-refractivity contribution in [1.82, 2.24) is 0 Å². The highest BCUT2D eigenvalue weighted by Crippen LogP contribution is 2.41. The van der Waals surface area contributed by atoms with Crippen molar-refractivity contribution in [2.45, 2.75) is 25.8 Å². The normalized spacial score (nSPS) is 18.0. The SMILES string of the molecule is COc1cc(C)c(C(N)C2COc3ccccc32)cc1C. The number of para-hydroxylation sites is 1. The molecule has 2 atom stereocenters. The molecule has 1 aliphatic rings. The molecule has 3 heteroatoms. The van der Waals surface area contributed by atoms with E-state index in [1.807, 2.05) is 25.1 Å². The van der Waals surface area contributed by atoms with E-state index in [-0.39, 0.29) is 12.0 Å². The Kier molecular flexibility index (Phi) is 3.60. The van der Waals surface area contributed by atoms with Crippen LogP contribution in [0.4, 0.5) is 0 Å². The molecule has 0 bridgehead atoms. The van der Waals surface area contributed by atoms with Gasteiger partial charge in [0, 0.05) is 17.5 Å². The first kappa shape index (κ1) is 14.0. The molecule has 1 heterocycles. The van der Waals surface area contributed by atoms with Crippen LogP contribution in [0.15, 0.2) is 36.4 Å². The summed E-state index contributed by atoms with van der Waals surface area (Å²) in [6.07, 6.45) is 0. The maximum Gasteiger partial charge on any atom is 0.122 e. The highest BCUT2D eigenvalue weighted by Gasteiger charge is 2.30. The molecule has 0 aromatic heterocycles. The van der Waals surface area contributed by atoms with Crippen LogP contribution in [0.3, 0.4) is 0 Å². The minimum absolute atomic E-state index is 0.0711. The van der Waals surface area contributed by atoms with E-state index >= 15 is 0 Å². The first-order valence-electron chi connectivity index (χ1n) is 7.24. The molecule has 0 fully saturated rings. The summed E-state index contributed by atoms with van der Waals surface area (Å²) in [7, 11) is 1.70. The van der Waals surface area contributed by atoms with E-state index in [1.165, 1.54) is 11.1 Å². The standard InChI is InChI=1S/C18H21NO2/c1-11-9-17(20-3)12(2)8-14(11)18(19)15-10-21-16-7-5-4-6-13(15)16/h4-9,15,18H,10,19H2,1-3H3. The van der Waals surface area contributed by atoms with E-state index in [0.29, 0.717) is 6.61 Å². The first-order valence-corrected chi connectivity index (χ1v) is 7.24. The minimum atomic E-state index is -0.0711. The zero-order valence-electron chi connectivity index (χ0n) is 12.7. The number of ether oxygens (including phenoxy) is 2. The lowest BCUT2D eigenvalue weighted by Gasteiger charge is -2.22. The molecule has 1 aliphatic heterocycles. The highest BCUT2D eigenvalue weighted by atomic mass is 16.5. The van der Waals surface area contributed by atoms with Gasteiger partial charge in [0.05, 0.1) is 13.7 Å². The Morgan fingerprint density at radius 1 is 1.19 bits per heavy atom. The number of aryl methyl sites for hydroxylation is 2. The Labute approximate surface area is 125 Å². The molecule has 2 unspecified atom stereocenters. The zero-order valence-corrected chi connectivity index (χ0v) is 12.7. The van der Waals surface area contributed by atoms with E-state index in [0.717, 1.165) is 22.6 Å². The summed E-state index contributed by atoms with van der Waals surface area (Å²) in [5, 5.41) is 0. The van der Waals surface area contributed by atoms with Gasteiger partial charge in [0.25, 0.3) is 0 Å². The van der Waals surface area contributed by atoms with Crippen molar-refractivity contribution in [1.29, 1.82) is 0 Å². The van der Waals surface area contributed by atoms with E-state index in [4.69, 9.17) is 15.2 Å². The molecule has 2 aromatic rings. The molecule has 0 spiro atoms. The van der Waals surface area contributed by atoms with Gasteiger partial charge in [-0.2, -0.15) is 0 Å². The van der Waals surface area contributed by atoms with Crippen molar-refractivity contribution >= 4 is 0 Å². The molecule has 3 rings (SSSR count). The number of methoxy groups -OCH3 is 1. The topological polar surface area (TPSA) is 44.5 Å². The number of rotatable bonds is 3. The third-order valence-corrected chi connectivity index (χ3v) is 4.31. The van der Waals surface area contributed by atoms with E-state index in [1.54, 1.807) is 7.11 Å². The Balaban J connectivity index is 1.97. The average molecular weight is 283 g/mol. The summed E-state index contributed by atoms with van der Waals surface area (Å²) in [6.45, 7) is 4.78. The van der Waals surface area contributed by atoms with Crippen molar-refractivity contribution in [3.63, 3.8) is 0 Å². The van der Waals surface area contributed by atoms with Gasteiger partial charge in [-0.25, -0.2) is 0 Å². The van der Waals surface area contributed by atoms with E-state index in [2.05, 4.69) is 25.1 Å². The van der Waals surface area contributed by atoms with Crippen molar-refractivity contribution < 1.29 is 9.47 Å². The van der Waals surface area contributed by atoms with Gasteiger partial charge in [-0.1, -0.05) is 24.3 Å². The summed E-state index contributed by atoms with van der Waals surface area (Å²) in [5.74, 6) is 2.07. The van der Waals surface area contributed by atoms with Crippen LogP contribution in [0.1, 0.15) is 34.2 Å². The Morgan fingerprint density at radius 3 is 2.71 bits per heavy atom. The lowest BCUT2D eigenvalue weighted by molar-refractivity contribution is 0.315. The third kappa shape index (κ3) is 2.38. The predicted octanol–water partition coefficient (Wildman–Crippen LogP) is 3.49. The van der Waals surface area contributed by atoms with Crippen LogP contribution >= 0.6 is 0 Å². The molecule has 0 amide bonds. The summed E-state index contributed by atoms with van der Waals surface area (Å²) in [5.41, 5.74) is 11.2. The van der Waals surface area contributed by atoms with Crippen LogP contribution < -0.4 is 15.2 Å². The molecule has 21 heavy (non-hydrogen) atoms. The van der Waals surface area contributed by atoms with Crippen LogP contribution in [0.5, 0.6) is 11.5 Å². The summed E-state index contributed by atoms with van der Waals surface area (Å²) in [4.78, 5) is 0. The van der Waals surface area contributed by atoms with Gasteiger partial charge in [-0.05, 0) is 42.7 Å². The molecule has 3 nitrogen and oxygen atoms in total. The molecule has 0 aliphatic carbocycles. The van der Waals surface area contributed by atoms with Gasteiger partial charge in [0.1, 0.15) is 11.5 Å². The first-order chi connectivity index (χ1) is 10.1. The Bertz CT molecular complexity index is 666. The number of fused-ring (bicyclic) bond motifs is 1. The van der Waals surface area contributed by atoms with Gasteiger partial charge >= 0.3 is 0 Å². The maximum atomic E-state index is 6.56. The van der Waals surface area contributed by atoms with Crippen LogP contribution in [0, 0.1) is 13.8 Å². The smallest absolute Gasteiger partial charge is 0.122 e. The molecule has 0 saturated heterocycles. The minimum Gasteiger partial charge on any atom is -0.496 e. The van der Waals surface area contributed by atoms with Crippen molar-refractivity contribution in [3.05, 3.63) is 58.7 Å². The molecule has 0 radical (unpaired) electrons. The molecule has 2 aromatic carbocycles. The second-order valence-corrected chi connectivity index (χ2v) is 5.66.